The summed E-state index contributed by atoms with van der Waals surface area (Å²) in [4.78, 5) is 11.9. The quantitative estimate of drug-likeness (QED) is 0.700. The predicted molar refractivity (Wildman–Crippen MR) is 75.2 cm³/mol. The molecule has 0 saturated carbocycles. The van der Waals surface area contributed by atoms with E-state index in [0.717, 1.165) is 11.1 Å². The van der Waals surface area contributed by atoms with Gasteiger partial charge < -0.3 is 4.74 Å². The van der Waals surface area contributed by atoms with Crippen LogP contribution in [0.5, 0.6) is 0 Å². The zero-order valence-electron chi connectivity index (χ0n) is 12.5. The second kappa shape index (κ2) is 4.75. The number of benzene rings is 1. The minimum Gasteiger partial charge on any atom is -0.465 e. The average Bonchev–Trinajstić information content (AvgIpc) is 2.24. The van der Waals surface area contributed by atoms with Gasteiger partial charge in [-0.2, -0.15) is 0 Å². The van der Waals surface area contributed by atoms with Crippen LogP contribution in [0.1, 0.15) is 63.0 Å². The van der Waals surface area contributed by atoms with E-state index in [1.807, 2.05) is 12.1 Å². The number of methoxy groups -OCH3 is 1. The van der Waals surface area contributed by atoms with E-state index < -0.39 is 0 Å². The molecule has 0 aliphatic rings. The third-order valence-electron chi connectivity index (χ3n) is 3.10. The molecule has 0 amide bonds. The van der Waals surface area contributed by atoms with Gasteiger partial charge in [0, 0.05) is 0 Å². The lowest BCUT2D eigenvalue weighted by Gasteiger charge is -2.25. The molecule has 0 aliphatic carbocycles. The molecule has 2 heteroatoms. The highest BCUT2D eigenvalue weighted by molar-refractivity contribution is 5.91. The van der Waals surface area contributed by atoms with Crippen LogP contribution in [0.15, 0.2) is 18.2 Å². The Morgan fingerprint density at radius 3 is 1.94 bits per heavy atom. The normalized spacial score (nSPS) is 12.4. The summed E-state index contributed by atoms with van der Waals surface area (Å²) in [6.45, 7) is 12.7. The second-order valence-corrected chi connectivity index (χ2v) is 6.75. The van der Waals surface area contributed by atoms with Crippen molar-refractivity contribution in [3.8, 4) is 0 Å². The Hall–Kier alpha value is -1.31. The highest BCUT2D eigenvalue weighted by Crippen LogP contribution is 2.31. The number of rotatable bonds is 1. The largest absolute Gasteiger partial charge is 0.465 e. The molecule has 1 aromatic rings. The van der Waals surface area contributed by atoms with Gasteiger partial charge in [-0.15, -0.1) is 0 Å². The van der Waals surface area contributed by atoms with Crippen LogP contribution < -0.4 is 0 Å². The summed E-state index contributed by atoms with van der Waals surface area (Å²) >= 11 is 0. The van der Waals surface area contributed by atoms with E-state index in [-0.39, 0.29) is 16.8 Å². The van der Waals surface area contributed by atoms with Gasteiger partial charge in [-0.1, -0.05) is 53.7 Å². The molecule has 0 aliphatic heterocycles. The van der Waals surface area contributed by atoms with Crippen molar-refractivity contribution in [2.24, 2.45) is 0 Å². The smallest absolute Gasteiger partial charge is 0.338 e. The maximum atomic E-state index is 11.9. The minimum atomic E-state index is -0.258. The zero-order valence-corrected chi connectivity index (χ0v) is 12.5. The van der Waals surface area contributed by atoms with Crippen molar-refractivity contribution in [3.63, 3.8) is 0 Å². The Labute approximate surface area is 110 Å². The fraction of sp³-hybridized carbons (Fsp3) is 0.562. The molecular formula is C16H24O2. The van der Waals surface area contributed by atoms with Crippen LogP contribution >= 0.6 is 0 Å². The van der Waals surface area contributed by atoms with Crippen molar-refractivity contribution in [2.75, 3.05) is 7.11 Å². The van der Waals surface area contributed by atoms with Crippen LogP contribution in [0, 0.1) is 0 Å². The third-order valence-corrected chi connectivity index (χ3v) is 3.10. The summed E-state index contributed by atoms with van der Waals surface area (Å²) in [5.74, 6) is -0.258. The molecule has 0 N–H and O–H groups in total. The monoisotopic (exact) mass is 248 g/mol. The van der Waals surface area contributed by atoms with Crippen LogP contribution in [-0.2, 0) is 15.6 Å². The van der Waals surface area contributed by atoms with Crippen molar-refractivity contribution in [1.82, 2.24) is 0 Å². The van der Waals surface area contributed by atoms with Gasteiger partial charge >= 0.3 is 5.97 Å². The highest BCUT2D eigenvalue weighted by Gasteiger charge is 2.24. The fourth-order valence-electron chi connectivity index (χ4n) is 1.94. The van der Waals surface area contributed by atoms with Gasteiger partial charge in [0.1, 0.15) is 0 Å². The zero-order chi connectivity index (χ0) is 14.1. The van der Waals surface area contributed by atoms with Gasteiger partial charge in [0.05, 0.1) is 12.7 Å². The molecule has 1 aromatic carbocycles. The maximum absolute atomic E-state index is 11.9. The molecule has 100 valence electrons. The SMILES string of the molecule is COC(=O)c1cc(C(C)(C)C)ccc1C(C)(C)C. The summed E-state index contributed by atoms with van der Waals surface area (Å²) in [5, 5.41) is 0. The standard InChI is InChI=1S/C16H24O2/c1-15(2,3)11-8-9-13(16(4,5)6)12(10-11)14(17)18-7/h8-10H,1-7H3. The Morgan fingerprint density at radius 2 is 1.56 bits per heavy atom. The minimum absolute atomic E-state index is 0.0270. The number of ether oxygens (including phenoxy) is 1. The second-order valence-electron chi connectivity index (χ2n) is 6.75. The van der Waals surface area contributed by atoms with E-state index in [1.165, 1.54) is 7.11 Å². The van der Waals surface area contributed by atoms with Crippen molar-refractivity contribution >= 4 is 5.97 Å². The Balaban J connectivity index is 3.44. The van der Waals surface area contributed by atoms with Gasteiger partial charge in [0.15, 0.2) is 0 Å². The fourth-order valence-corrected chi connectivity index (χ4v) is 1.94. The molecular weight excluding hydrogens is 224 g/mol. The summed E-state index contributed by atoms with van der Waals surface area (Å²) < 4.78 is 4.90. The van der Waals surface area contributed by atoms with Gasteiger partial charge in [-0.3, -0.25) is 0 Å². The van der Waals surface area contributed by atoms with Crippen LogP contribution in [-0.4, -0.2) is 13.1 Å². The molecule has 0 radical (unpaired) electrons. The first-order chi connectivity index (χ1) is 8.07. The summed E-state index contributed by atoms with van der Waals surface area (Å²) in [5.41, 5.74) is 2.81. The van der Waals surface area contributed by atoms with Gasteiger partial charge in [0.25, 0.3) is 0 Å². The molecule has 18 heavy (non-hydrogen) atoms. The highest BCUT2D eigenvalue weighted by atomic mass is 16.5. The third kappa shape index (κ3) is 3.12. The molecule has 0 atom stereocenters. The molecule has 0 heterocycles. The average molecular weight is 248 g/mol. The van der Waals surface area contributed by atoms with Crippen LogP contribution in [0.25, 0.3) is 0 Å². The molecule has 0 aromatic heterocycles. The molecule has 2 nitrogen and oxygen atoms in total. The lowest BCUT2D eigenvalue weighted by Crippen LogP contribution is -2.20. The lowest BCUT2D eigenvalue weighted by molar-refractivity contribution is 0.0597. The molecule has 0 spiro atoms. The number of hydrogen-bond donors (Lipinski definition) is 0. The molecule has 0 unspecified atom stereocenters. The number of carbonyl (C=O) groups excluding carboxylic acids is 1. The van der Waals surface area contributed by atoms with Crippen LogP contribution in [0.4, 0.5) is 0 Å². The Kier molecular flexibility index (Phi) is 3.89. The van der Waals surface area contributed by atoms with E-state index in [0.29, 0.717) is 5.56 Å². The predicted octanol–water partition coefficient (Wildman–Crippen LogP) is 4.07. The van der Waals surface area contributed by atoms with E-state index >= 15 is 0 Å². The topological polar surface area (TPSA) is 26.3 Å². The van der Waals surface area contributed by atoms with Gasteiger partial charge in [-0.25, -0.2) is 4.79 Å². The molecule has 1 rings (SSSR count). The van der Waals surface area contributed by atoms with Crippen molar-refractivity contribution in [1.29, 1.82) is 0 Å². The molecule has 0 bridgehead atoms. The van der Waals surface area contributed by atoms with Crippen molar-refractivity contribution in [2.45, 2.75) is 52.4 Å². The number of esters is 1. The van der Waals surface area contributed by atoms with Crippen LogP contribution in [0.3, 0.4) is 0 Å². The van der Waals surface area contributed by atoms with Crippen LogP contribution in [0.2, 0.25) is 0 Å². The Morgan fingerprint density at radius 1 is 1.00 bits per heavy atom. The van der Waals surface area contributed by atoms with E-state index in [2.05, 4.69) is 47.6 Å². The van der Waals surface area contributed by atoms with Crippen molar-refractivity contribution in [3.05, 3.63) is 34.9 Å². The molecule has 0 fully saturated rings. The van der Waals surface area contributed by atoms with Gasteiger partial charge in [-0.05, 0) is 28.0 Å². The summed E-state index contributed by atoms with van der Waals surface area (Å²) in [6.07, 6.45) is 0. The Bertz CT molecular complexity index is 445. The van der Waals surface area contributed by atoms with E-state index in [4.69, 9.17) is 4.74 Å². The lowest BCUT2D eigenvalue weighted by atomic mass is 9.79. The number of hydrogen-bond acceptors (Lipinski definition) is 2. The van der Waals surface area contributed by atoms with E-state index in [1.54, 1.807) is 0 Å². The number of carbonyl (C=O) groups is 1. The van der Waals surface area contributed by atoms with E-state index in [9.17, 15) is 4.79 Å². The first-order valence-corrected chi connectivity index (χ1v) is 6.30. The first kappa shape index (κ1) is 14.7. The maximum Gasteiger partial charge on any atom is 0.338 e. The summed E-state index contributed by atoms with van der Waals surface area (Å²) in [6, 6.07) is 6.12. The van der Waals surface area contributed by atoms with Gasteiger partial charge in [0.2, 0.25) is 0 Å². The molecule has 0 saturated heterocycles. The summed E-state index contributed by atoms with van der Waals surface area (Å²) in [7, 11) is 1.43. The van der Waals surface area contributed by atoms with Crippen molar-refractivity contribution < 1.29 is 9.53 Å². The first-order valence-electron chi connectivity index (χ1n) is 6.30.